The number of hydrogen-bond acceptors (Lipinski definition) is 4. The molecule has 0 aliphatic carbocycles. The van der Waals surface area contributed by atoms with E-state index in [2.05, 4.69) is 5.10 Å². The van der Waals surface area contributed by atoms with E-state index >= 15 is 0 Å². The molecule has 0 aliphatic rings. The van der Waals surface area contributed by atoms with Crippen molar-refractivity contribution in [1.82, 2.24) is 9.78 Å². The Morgan fingerprint density at radius 3 is 2.28 bits per heavy atom. The number of thioether (sulfide) groups is 1. The van der Waals surface area contributed by atoms with Crippen molar-refractivity contribution in [3.8, 4) is 11.8 Å². The smallest absolute Gasteiger partial charge is 0.383 e. The van der Waals surface area contributed by atoms with E-state index in [-0.39, 0.29) is 0 Å². The molecule has 1 aromatic carbocycles. The highest BCUT2D eigenvalue weighted by atomic mass is 35.5. The molecule has 0 radical (unpaired) electrons. The molecule has 25 heavy (non-hydrogen) atoms. The van der Waals surface area contributed by atoms with Gasteiger partial charge < -0.3 is 5.73 Å². The van der Waals surface area contributed by atoms with Crippen molar-refractivity contribution in [3.05, 3.63) is 33.7 Å². The minimum Gasteiger partial charge on any atom is -0.383 e. The summed E-state index contributed by atoms with van der Waals surface area (Å²) in [5.41, 5.74) is -1.49. The minimum absolute atomic E-state index is 0.327. The monoisotopic (exact) mass is 420 g/mol. The van der Waals surface area contributed by atoms with Crippen LogP contribution >= 0.6 is 35.0 Å². The number of anilines is 1. The molecular formula is C12H4Cl2F6N4S. The standard InChI is InChI=1S/C12H4Cl2F6N4S/c13-1-3-5(14)6(15)7(16)8(17)9(3)24-11(22)10(4(2-21)23-24)25-12(18,19)20/h1,22H2. The van der Waals surface area contributed by atoms with Gasteiger partial charge in [-0.1, -0.05) is 11.6 Å². The van der Waals surface area contributed by atoms with Gasteiger partial charge in [-0.15, -0.1) is 11.6 Å². The van der Waals surface area contributed by atoms with Crippen molar-refractivity contribution in [2.24, 2.45) is 0 Å². The first-order chi connectivity index (χ1) is 11.5. The molecule has 1 aromatic heterocycles. The third-order valence-corrected chi connectivity index (χ3v) is 4.38. The topological polar surface area (TPSA) is 67.6 Å². The van der Waals surface area contributed by atoms with Crippen molar-refractivity contribution >= 4 is 40.8 Å². The van der Waals surface area contributed by atoms with Crippen LogP contribution in [0.1, 0.15) is 11.3 Å². The number of alkyl halides is 4. The Bertz CT molecular complexity index is 890. The van der Waals surface area contributed by atoms with Gasteiger partial charge in [0.2, 0.25) is 0 Å². The van der Waals surface area contributed by atoms with E-state index in [0.29, 0.717) is 4.68 Å². The Hall–Kier alpha value is -1.77. The molecule has 2 aromatic rings. The molecule has 0 bridgehead atoms. The van der Waals surface area contributed by atoms with E-state index < -0.39 is 73.3 Å². The summed E-state index contributed by atoms with van der Waals surface area (Å²) in [4.78, 5) is -0.823. The molecule has 13 heteroatoms. The van der Waals surface area contributed by atoms with Gasteiger partial charge in [0.1, 0.15) is 17.6 Å². The second-order valence-corrected chi connectivity index (χ2v) is 6.07. The molecule has 0 unspecified atom stereocenters. The van der Waals surface area contributed by atoms with Crippen molar-refractivity contribution < 1.29 is 26.3 Å². The SMILES string of the molecule is N#Cc1nn(-c2c(F)c(F)c(F)c(Cl)c2CCl)c(N)c1SC(F)(F)F. The fraction of sp³-hybridized carbons (Fsp3) is 0.167. The van der Waals surface area contributed by atoms with Gasteiger partial charge in [0.15, 0.2) is 23.1 Å². The summed E-state index contributed by atoms with van der Waals surface area (Å²) >= 11 is 10.4. The lowest BCUT2D eigenvalue weighted by Crippen LogP contribution is -2.11. The normalized spacial score (nSPS) is 11.6. The van der Waals surface area contributed by atoms with Gasteiger partial charge in [-0.2, -0.15) is 23.5 Å². The molecular weight excluding hydrogens is 417 g/mol. The zero-order valence-electron chi connectivity index (χ0n) is 11.6. The number of nitrogens with zero attached hydrogens (tertiary/aromatic N) is 3. The molecule has 0 fully saturated rings. The van der Waals surface area contributed by atoms with E-state index in [1.165, 1.54) is 6.07 Å². The van der Waals surface area contributed by atoms with Crippen molar-refractivity contribution in [2.75, 3.05) is 5.73 Å². The first kappa shape index (κ1) is 19.6. The molecule has 2 N–H and O–H groups in total. The third-order valence-electron chi connectivity index (χ3n) is 2.88. The average Bonchev–Trinajstić information content (AvgIpc) is 2.83. The maximum atomic E-state index is 14.2. The summed E-state index contributed by atoms with van der Waals surface area (Å²) < 4.78 is 79.4. The predicted octanol–water partition coefficient (Wildman–Crippen LogP) is 4.75. The van der Waals surface area contributed by atoms with Gasteiger partial charge in [0.25, 0.3) is 0 Å². The zero-order valence-corrected chi connectivity index (χ0v) is 13.9. The average molecular weight is 421 g/mol. The van der Waals surface area contributed by atoms with Crippen molar-refractivity contribution in [1.29, 1.82) is 5.26 Å². The Morgan fingerprint density at radius 2 is 1.80 bits per heavy atom. The van der Waals surface area contributed by atoms with Crippen LogP contribution in [0.25, 0.3) is 5.69 Å². The maximum Gasteiger partial charge on any atom is 0.446 e. The van der Waals surface area contributed by atoms with Crippen LogP contribution in [0.4, 0.5) is 32.2 Å². The van der Waals surface area contributed by atoms with Gasteiger partial charge in [-0.05, 0) is 11.8 Å². The van der Waals surface area contributed by atoms with Crippen LogP contribution in [0.3, 0.4) is 0 Å². The maximum absolute atomic E-state index is 14.2. The molecule has 0 spiro atoms. The molecule has 0 atom stereocenters. The highest BCUT2D eigenvalue weighted by molar-refractivity contribution is 8.00. The number of hydrogen-bond donors (Lipinski definition) is 1. The fourth-order valence-electron chi connectivity index (χ4n) is 1.89. The summed E-state index contributed by atoms with van der Waals surface area (Å²) in [6.45, 7) is 0. The number of rotatable bonds is 3. The number of benzene rings is 1. The fourth-order valence-corrected chi connectivity index (χ4v) is 3.06. The van der Waals surface area contributed by atoms with Gasteiger partial charge >= 0.3 is 5.51 Å². The molecule has 1 heterocycles. The quantitative estimate of drug-likeness (QED) is 0.256. The number of nitriles is 1. The number of aromatic nitrogens is 2. The van der Waals surface area contributed by atoms with Crippen molar-refractivity contribution in [3.63, 3.8) is 0 Å². The lowest BCUT2D eigenvalue weighted by atomic mass is 10.1. The molecule has 0 saturated heterocycles. The summed E-state index contributed by atoms with van der Waals surface area (Å²) in [5.74, 6) is -6.99. The summed E-state index contributed by atoms with van der Waals surface area (Å²) in [7, 11) is 0. The Labute approximate surface area is 150 Å². The second-order valence-electron chi connectivity index (χ2n) is 4.35. The van der Waals surface area contributed by atoms with E-state index in [0.717, 1.165) is 0 Å². The third kappa shape index (κ3) is 3.47. The Morgan fingerprint density at radius 1 is 1.20 bits per heavy atom. The first-order valence-corrected chi connectivity index (χ1v) is 7.71. The lowest BCUT2D eigenvalue weighted by molar-refractivity contribution is -0.0328. The molecule has 0 aliphatic heterocycles. The van der Waals surface area contributed by atoms with Crippen LogP contribution in [0.5, 0.6) is 0 Å². The van der Waals surface area contributed by atoms with Crippen LogP contribution < -0.4 is 5.73 Å². The summed E-state index contributed by atoms with van der Waals surface area (Å²) in [5, 5.41) is 11.4. The number of nitrogen functional groups attached to an aromatic ring is 1. The highest BCUT2D eigenvalue weighted by Gasteiger charge is 2.35. The second kappa shape index (κ2) is 6.86. The van der Waals surface area contributed by atoms with Crippen LogP contribution in [0.2, 0.25) is 5.02 Å². The van der Waals surface area contributed by atoms with E-state index in [4.69, 9.17) is 34.2 Å². The molecule has 4 nitrogen and oxygen atoms in total. The van der Waals surface area contributed by atoms with Crippen LogP contribution in [0, 0.1) is 28.8 Å². The van der Waals surface area contributed by atoms with Gasteiger partial charge in [-0.25, -0.2) is 17.9 Å². The summed E-state index contributed by atoms with van der Waals surface area (Å²) in [6.07, 6.45) is 0. The minimum atomic E-state index is -4.83. The highest BCUT2D eigenvalue weighted by Crippen LogP contribution is 2.43. The predicted molar refractivity (Wildman–Crippen MR) is 79.0 cm³/mol. The molecule has 134 valence electrons. The van der Waals surface area contributed by atoms with E-state index in [1.54, 1.807) is 0 Å². The van der Waals surface area contributed by atoms with Gasteiger partial charge in [-0.3, -0.25) is 0 Å². The van der Waals surface area contributed by atoms with E-state index in [1.807, 2.05) is 0 Å². The Balaban J connectivity index is 2.83. The molecule has 2 rings (SSSR count). The van der Waals surface area contributed by atoms with Crippen LogP contribution in [-0.2, 0) is 5.88 Å². The number of nitrogens with two attached hydrogens (primary N) is 1. The van der Waals surface area contributed by atoms with E-state index in [9.17, 15) is 26.3 Å². The van der Waals surface area contributed by atoms with Crippen LogP contribution in [0.15, 0.2) is 4.90 Å². The Kier molecular flexibility index (Phi) is 5.36. The number of halogens is 8. The van der Waals surface area contributed by atoms with Gasteiger partial charge in [0, 0.05) is 5.56 Å². The lowest BCUT2D eigenvalue weighted by Gasteiger charge is -2.14. The first-order valence-electron chi connectivity index (χ1n) is 5.99. The van der Waals surface area contributed by atoms with Gasteiger partial charge in [0.05, 0.1) is 15.8 Å². The molecule has 0 saturated carbocycles. The van der Waals surface area contributed by atoms with Crippen molar-refractivity contribution in [2.45, 2.75) is 16.3 Å². The largest absolute Gasteiger partial charge is 0.446 e. The summed E-state index contributed by atoms with van der Waals surface area (Å²) in [6, 6.07) is 1.36. The van der Waals surface area contributed by atoms with Crippen LogP contribution in [-0.4, -0.2) is 15.3 Å². The molecule has 0 amide bonds. The zero-order chi connectivity index (χ0) is 19.1.